The summed E-state index contributed by atoms with van der Waals surface area (Å²) in [5, 5.41) is 33.4. The molecule has 4 aromatic rings. The molecule has 3 atom stereocenters. The van der Waals surface area contributed by atoms with E-state index in [0.29, 0.717) is 29.0 Å². The second kappa shape index (κ2) is 9.49. The summed E-state index contributed by atoms with van der Waals surface area (Å²) in [6, 6.07) is 22.5. The highest BCUT2D eigenvalue weighted by Crippen LogP contribution is 2.41. The number of fused-ring (bicyclic) bond motifs is 3. The Morgan fingerprint density at radius 3 is 2.39 bits per heavy atom. The van der Waals surface area contributed by atoms with Crippen molar-refractivity contribution in [2.24, 2.45) is 0 Å². The highest BCUT2D eigenvalue weighted by molar-refractivity contribution is 5.87. The molecule has 3 unspecified atom stereocenters. The first-order valence-corrected chi connectivity index (χ1v) is 12.1. The minimum Gasteiger partial charge on any atom is -0.486 e. The van der Waals surface area contributed by atoms with Crippen molar-refractivity contribution in [1.82, 2.24) is 15.5 Å². The molecular formula is C28H23N3O7. The summed E-state index contributed by atoms with van der Waals surface area (Å²) in [6.07, 6.45) is -2.75. The third kappa shape index (κ3) is 4.24. The summed E-state index contributed by atoms with van der Waals surface area (Å²) in [4.78, 5) is 25.3. The lowest BCUT2D eigenvalue weighted by atomic mass is 9.95. The van der Waals surface area contributed by atoms with Crippen molar-refractivity contribution in [3.63, 3.8) is 0 Å². The maximum Gasteiger partial charge on any atom is 0.347 e. The lowest BCUT2D eigenvalue weighted by Crippen LogP contribution is -2.49. The van der Waals surface area contributed by atoms with Gasteiger partial charge in [-0.3, -0.25) is 0 Å². The summed E-state index contributed by atoms with van der Waals surface area (Å²) < 4.78 is 17.5. The number of rotatable bonds is 3. The molecule has 0 radical (unpaired) electrons. The molecule has 0 bridgehead atoms. The van der Waals surface area contributed by atoms with Crippen molar-refractivity contribution < 1.29 is 34.0 Å². The van der Waals surface area contributed by atoms with Gasteiger partial charge >= 0.3 is 17.8 Å². The van der Waals surface area contributed by atoms with Crippen LogP contribution in [0.2, 0.25) is 0 Å². The van der Waals surface area contributed by atoms with Crippen molar-refractivity contribution in [2.75, 3.05) is 6.54 Å². The SMILES string of the molecule is O=C1OC2(NCCC(Oc3ccc4ccccc4c3)c3ccc(-c4cccnn4)cc32)OC(=O)C(O)C1O. The van der Waals surface area contributed by atoms with Crippen LogP contribution in [0.1, 0.15) is 23.7 Å². The molecule has 1 fully saturated rings. The predicted octanol–water partition coefficient (Wildman–Crippen LogP) is 2.34. The Labute approximate surface area is 216 Å². The smallest absolute Gasteiger partial charge is 0.347 e. The lowest BCUT2D eigenvalue weighted by molar-refractivity contribution is -0.243. The average Bonchev–Trinajstić information content (AvgIpc) is 3.13. The zero-order chi connectivity index (χ0) is 26.3. The van der Waals surface area contributed by atoms with Crippen LogP contribution in [0.25, 0.3) is 22.0 Å². The number of aliphatic hydroxyl groups is 2. The van der Waals surface area contributed by atoms with Gasteiger partial charge in [-0.25, -0.2) is 14.9 Å². The van der Waals surface area contributed by atoms with Gasteiger partial charge in [0.1, 0.15) is 11.9 Å². The molecule has 3 aromatic carbocycles. The number of hydrogen-bond acceptors (Lipinski definition) is 10. The van der Waals surface area contributed by atoms with Gasteiger partial charge in [0.05, 0.1) is 11.3 Å². The highest BCUT2D eigenvalue weighted by Gasteiger charge is 2.52. The van der Waals surface area contributed by atoms with Crippen LogP contribution in [-0.2, 0) is 25.0 Å². The van der Waals surface area contributed by atoms with Crippen LogP contribution in [0.5, 0.6) is 5.75 Å². The van der Waals surface area contributed by atoms with Crippen LogP contribution >= 0.6 is 0 Å². The van der Waals surface area contributed by atoms with Gasteiger partial charge in [0.15, 0.2) is 12.2 Å². The third-order valence-corrected chi connectivity index (χ3v) is 6.66. The first-order chi connectivity index (χ1) is 18.4. The predicted molar refractivity (Wildman–Crippen MR) is 133 cm³/mol. The topological polar surface area (TPSA) is 140 Å². The van der Waals surface area contributed by atoms with E-state index >= 15 is 0 Å². The molecule has 192 valence electrons. The van der Waals surface area contributed by atoms with Gasteiger partial charge in [0.25, 0.3) is 0 Å². The van der Waals surface area contributed by atoms with Gasteiger partial charge < -0.3 is 24.4 Å². The maximum atomic E-state index is 12.7. The Bertz CT molecular complexity index is 1510. The van der Waals surface area contributed by atoms with E-state index < -0.39 is 36.2 Å². The zero-order valence-electron chi connectivity index (χ0n) is 20.0. The standard InChI is InChI=1S/C28H23N3O7/c32-24-25(33)27(35)38-28(37-26(24)34)21-15-18(22-6-3-12-30-31-22)8-10-20(21)23(11-13-29-28)36-19-9-7-16-4-1-2-5-17(16)14-19/h1-10,12,14-15,23-25,29,32-33H,11,13H2. The summed E-state index contributed by atoms with van der Waals surface area (Å²) in [7, 11) is 0. The molecule has 0 saturated carbocycles. The Balaban J connectivity index is 1.47. The second-order valence-electron chi connectivity index (χ2n) is 9.09. The Kier molecular flexibility index (Phi) is 5.99. The van der Waals surface area contributed by atoms with Gasteiger partial charge in [-0.2, -0.15) is 10.2 Å². The molecule has 0 amide bonds. The van der Waals surface area contributed by atoms with Crippen molar-refractivity contribution in [3.8, 4) is 17.0 Å². The number of benzene rings is 3. The average molecular weight is 514 g/mol. The van der Waals surface area contributed by atoms with E-state index in [2.05, 4.69) is 15.5 Å². The monoisotopic (exact) mass is 513 g/mol. The molecule has 1 spiro atoms. The molecule has 6 rings (SSSR count). The largest absolute Gasteiger partial charge is 0.486 e. The van der Waals surface area contributed by atoms with Crippen molar-refractivity contribution in [1.29, 1.82) is 0 Å². The second-order valence-corrected chi connectivity index (χ2v) is 9.09. The first-order valence-electron chi connectivity index (χ1n) is 12.1. The summed E-state index contributed by atoms with van der Waals surface area (Å²) in [5.41, 5.74) is 2.00. The molecule has 2 aliphatic heterocycles. The molecule has 38 heavy (non-hydrogen) atoms. The van der Waals surface area contributed by atoms with E-state index in [9.17, 15) is 19.8 Å². The minimum atomic E-state index is -2.11. The number of hydrogen-bond donors (Lipinski definition) is 3. The van der Waals surface area contributed by atoms with E-state index in [1.54, 1.807) is 30.5 Å². The highest BCUT2D eigenvalue weighted by atomic mass is 16.8. The Morgan fingerprint density at radius 2 is 1.66 bits per heavy atom. The molecule has 1 aromatic heterocycles. The number of carbonyl (C=O) groups is 2. The molecule has 10 nitrogen and oxygen atoms in total. The molecular weight excluding hydrogens is 490 g/mol. The summed E-state index contributed by atoms with van der Waals surface area (Å²) >= 11 is 0. The van der Waals surface area contributed by atoms with Crippen LogP contribution in [0.3, 0.4) is 0 Å². The lowest BCUT2D eigenvalue weighted by Gasteiger charge is -2.32. The number of esters is 2. The van der Waals surface area contributed by atoms with Crippen LogP contribution in [0.4, 0.5) is 0 Å². The quantitative estimate of drug-likeness (QED) is 0.350. The summed E-state index contributed by atoms with van der Waals surface area (Å²) in [6.45, 7) is 0.208. The van der Waals surface area contributed by atoms with E-state index in [-0.39, 0.29) is 12.1 Å². The number of ether oxygens (including phenoxy) is 3. The van der Waals surface area contributed by atoms with Crippen molar-refractivity contribution in [3.05, 3.63) is 90.1 Å². The molecule has 10 heteroatoms. The number of carbonyl (C=O) groups excluding carboxylic acids is 2. The molecule has 0 aliphatic carbocycles. The van der Waals surface area contributed by atoms with E-state index in [1.165, 1.54) is 0 Å². The van der Waals surface area contributed by atoms with Crippen LogP contribution in [0, 0.1) is 0 Å². The zero-order valence-corrected chi connectivity index (χ0v) is 20.0. The fourth-order valence-electron chi connectivity index (χ4n) is 4.75. The van der Waals surface area contributed by atoms with Crippen molar-refractivity contribution >= 4 is 22.7 Å². The fraction of sp³-hybridized carbons (Fsp3) is 0.214. The van der Waals surface area contributed by atoms with Crippen molar-refractivity contribution in [2.45, 2.75) is 30.6 Å². The van der Waals surface area contributed by atoms with Crippen LogP contribution in [0.15, 0.2) is 79.0 Å². The molecule has 3 N–H and O–H groups in total. The van der Waals surface area contributed by atoms with Crippen LogP contribution < -0.4 is 10.1 Å². The van der Waals surface area contributed by atoms with Gasteiger partial charge in [-0.1, -0.05) is 42.5 Å². The van der Waals surface area contributed by atoms with E-state index in [0.717, 1.165) is 10.8 Å². The minimum absolute atomic E-state index is 0.208. The Hall–Kier alpha value is -4.38. The van der Waals surface area contributed by atoms with E-state index in [1.807, 2.05) is 48.5 Å². The number of nitrogens with zero attached hydrogens (tertiary/aromatic N) is 2. The normalized spacial score (nSPS) is 25.2. The Morgan fingerprint density at radius 1 is 0.895 bits per heavy atom. The molecule has 2 aliphatic rings. The number of nitrogens with one attached hydrogen (secondary N) is 1. The fourth-order valence-corrected chi connectivity index (χ4v) is 4.75. The van der Waals surface area contributed by atoms with Gasteiger partial charge in [-0.05, 0) is 41.1 Å². The molecule has 1 saturated heterocycles. The first kappa shape index (κ1) is 24.0. The van der Waals surface area contributed by atoms with Gasteiger partial charge in [-0.15, -0.1) is 0 Å². The van der Waals surface area contributed by atoms with Gasteiger partial charge in [0, 0.05) is 30.3 Å². The molecule has 3 heterocycles. The number of aliphatic hydroxyl groups excluding tert-OH is 2. The maximum absolute atomic E-state index is 12.7. The third-order valence-electron chi connectivity index (χ3n) is 6.66. The van der Waals surface area contributed by atoms with E-state index in [4.69, 9.17) is 14.2 Å². The number of aromatic nitrogens is 2. The van der Waals surface area contributed by atoms with Crippen LogP contribution in [-0.4, -0.2) is 51.1 Å². The van der Waals surface area contributed by atoms with Gasteiger partial charge in [0.2, 0.25) is 0 Å². The summed E-state index contributed by atoms with van der Waals surface area (Å²) in [5.74, 6) is -3.89.